The Morgan fingerprint density at radius 3 is 2.59 bits per heavy atom. The van der Waals surface area contributed by atoms with Crippen LogP contribution in [0.4, 0.5) is 18.9 Å². The van der Waals surface area contributed by atoms with E-state index in [2.05, 4.69) is 4.98 Å². The molecular formula is C13H11F3N2O3S. The van der Waals surface area contributed by atoms with Gasteiger partial charge < -0.3 is 4.74 Å². The third-order valence-corrected chi connectivity index (χ3v) is 3.85. The zero-order valence-electron chi connectivity index (χ0n) is 11.3. The number of nitrogens with one attached hydrogen (secondary N) is 1. The Morgan fingerprint density at radius 1 is 1.23 bits per heavy atom. The van der Waals surface area contributed by atoms with E-state index in [4.69, 9.17) is 4.74 Å². The highest BCUT2D eigenvalue weighted by molar-refractivity contribution is 7.93. The lowest BCUT2D eigenvalue weighted by molar-refractivity contribution is -0.0429. The Kier molecular flexibility index (Phi) is 4.27. The summed E-state index contributed by atoms with van der Waals surface area (Å²) in [6.07, 6.45) is 2.46. The number of benzene rings is 1. The normalized spacial score (nSPS) is 12.0. The summed E-state index contributed by atoms with van der Waals surface area (Å²) in [7, 11) is -4.07. The fourth-order valence-electron chi connectivity index (χ4n) is 1.71. The summed E-state index contributed by atoms with van der Waals surface area (Å²) < 4.78 is 66.5. The van der Waals surface area contributed by atoms with Crippen molar-refractivity contribution >= 4 is 15.7 Å². The van der Waals surface area contributed by atoms with Crippen LogP contribution in [0.15, 0.2) is 42.7 Å². The van der Waals surface area contributed by atoms with Crippen molar-refractivity contribution < 1.29 is 26.3 Å². The van der Waals surface area contributed by atoms with Gasteiger partial charge in [-0.2, -0.15) is 21.6 Å². The summed E-state index contributed by atoms with van der Waals surface area (Å²) >= 11 is 0. The van der Waals surface area contributed by atoms with Crippen molar-refractivity contribution in [2.24, 2.45) is 0 Å². The molecule has 0 radical (unpaired) electrons. The van der Waals surface area contributed by atoms with Gasteiger partial charge in [-0.3, -0.25) is 9.71 Å². The Morgan fingerprint density at radius 2 is 1.95 bits per heavy atom. The van der Waals surface area contributed by atoms with Crippen LogP contribution in [0.5, 0.6) is 5.75 Å². The second-order valence-corrected chi connectivity index (χ2v) is 5.88. The largest absolute Gasteiger partial charge is 0.516 e. The SMILES string of the molecule is COc1cccc(-c2cnccc2NS(=O)(=O)C(F)(F)F)c1. The van der Waals surface area contributed by atoms with Crippen molar-refractivity contribution in [2.75, 3.05) is 11.8 Å². The van der Waals surface area contributed by atoms with E-state index in [0.717, 1.165) is 6.07 Å². The van der Waals surface area contributed by atoms with Crippen LogP contribution >= 0.6 is 0 Å². The van der Waals surface area contributed by atoms with E-state index < -0.39 is 15.5 Å². The number of pyridine rings is 1. The van der Waals surface area contributed by atoms with E-state index in [1.54, 1.807) is 24.3 Å². The second-order valence-electron chi connectivity index (χ2n) is 4.20. The summed E-state index contributed by atoms with van der Waals surface area (Å²) in [6, 6.07) is 7.59. The lowest BCUT2D eigenvalue weighted by Gasteiger charge is -2.14. The van der Waals surface area contributed by atoms with Gasteiger partial charge in [-0.05, 0) is 23.8 Å². The van der Waals surface area contributed by atoms with Gasteiger partial charge in [0.1, 0.15) is 5.75 Å². The smallest absolute Gasteiger partial charge is 0.497 e. The number of methoxy groups -OCH3 is 1. The Labute approximate surface area is 124 Å². The van der Waals surface area contributed by atoms with Gasteiger partial charge in [0.25, 0.3) is 0 Å². The number of aromatic nitrogens is 1. The van der Waals surface area contributed by atoms with E-state index in [0.29, 0.717) is 11.3 Å². The highest BCUT2D eigenvalue weighted by Gasteiger charge is 2.46. The lowest BCUT2D eigenvalue weighted by Crippen LogP contribution is -2.30. The first-order valence-electron chi connectivity index (χ1n) is 5.92. The monoisotopic (exact) mass is 332 g/mol. The zero-order valence-corrected chi connectivity index (χ0v) is 12.1. The predicted molar refractivity (Wildman–Crippen MR) is 74.8 cm³/mol. The number of nitrogens with zero attached hydrogens (tertiary/aromatic N) is 1. The highest BCUT2D eigenvalue weighted by atomic mass is 32.2. The van der Waals surface area contributed by atoms with Crippen LogP contribution in [0.3, 0.4) is 0 Å². The number of sulfonamides is 1. The molecule has 5 nitrogen and oxygen atoms in total. The molecule has 0 saturated carbocycles. The molecule has 0 aliphatic carbocycles. The molecule has 0 fully saturated rings. The lowest BCUT2D eigenvalue weighted by atomic mass is 10.1. The summed E-state index contributed by atoms with van der Waals surface area (Å²) in [5.41, 5.74) is -4.95. The Hall–Kier alpha value is -2.29. The summed E-state index contributed by atoms with van der Waals surface area (Å²) in [5.74, 6) is 0.478. The minimum atomic E-state index is -5.51. The predicted octanol–water partition coefficient (Wildman–Crippen LogP) is 3.02. The molecule has 9 heteroatoms. The standard InChI is InChI=1S/C13H11F3N2O3S/c1-21-10-4-2-3-9(7-10)11-8-17-6-5-12(11)18-22(19,20)13(14,15)16/h2-8H,1H3,(H,17,18). The molecule has 1 heterocycles. The van der Waals surface area contributed by atoms with Gasteiger partial charge in [-0.15, -0.1) is 0 Å². The first-order chi connectivity index (χ1) is 10.2. The molecule has 0 unspecified atom stereocenters. The molecule has 1 N–H and O–H groups in total. The van der Waals surface area contributed by atoms with Gasteiger partial charge in [-0.25, -0.2) is 0 Å². The molecule has 1 aromatic heterocycles. The maximum Gasteiger partial charge on any atom is 0.516 e. The van der Waals surface area contributed by atoms with Gasteiger partial charge in [0.15, 0.2) is 0 Å². The van der Waals surface area contributed by atoms with Crippen LogP contribution in [-0.2, 0) is 10.0 Å². The Bertz CT molecular complexity index is 776. The number of hydrogen-bond acceptors (Lipinski definition) is 4. The molecule has 0 aliphatic rings. The minimum absolute atomic E-state index is 0.203. The molecule has 0 atom stereocenters. The summed E-state index contributed by atoms with van der Waals surface area (Å²) in [5, 5.41) is 0. The quantitative estimate of drug-likeness (QED) is 0.934. The van der Waals surface area contributed by atoms with Crippen molar-refractivity contribution in [3.63, 3.8) is 0 Å². The molecule has 0 aliphatic heterocycles. The summed E-state index contributed by atoms with van der Waals surface area (Å²) in [6.45, 7) is 0. The minimum Gasteiger partial charge on any atom is -0.497 e. The van der Waals surface area contributed by atoms with Crippen molar-refractivity contribution in [1.29, 1.82) is 0 Å². The van der Waals surface area contributed by atoms with Crippen LogP contribution in [0.2, 0.25) is 0 Å². The average Bonchev–Trinajstić information content (AvgIpc) is 2.46. The first-order valence-corrected chi connectivity index (χ1v) is 7.40. The number of ether oxygens (including phenoxy) is 1. The average molecular weight is 332 g/mol. The van der Waals surface area contributed by atoms with E-state index >= 15 is 0 Å². The summed E-state index contributed by atoms with van der Waals surface area (Å²) in [4.78, 5) is 3.81. The van der Waals surface area contributed by atoms with E-state index in [1.165, 1.54) is 24.2 Å². The molecule has 0 spiro atoms. The molecule has 2 rings (SSSR count). The molecular weight excluding hydrogens is 321 g/mol. The number of hydrogen-bond donors (Lipinski definition) is 1. The fraction of sp³-hybridized carbons (Fsp3) is 0.154. The van der Waals surface area contributed by atoms with Crippen molar-refractivity contribution in [1.82, 2.24) is 4.98 Å². The van der Waals surface area contributed by atoms with E-state index in [1.807, 2.05) is 0 Å². The number of rotatable bonds is 4. The van der Waals surface area contributed by atoms with Crippen molar-refractivity contribution in [3.8, 4) is 16.9 Å². The van der Waals surface area contributed by atoms with Gasteiger partial charge in [-0.1, -0.05) is 12.1 Å². The molecule has 2 aromatic rings. The van der Waals surface area contributed by atoms with Crippen LogP contribution in [-0.4, -0.2) is 26.0 Å². The molecule has 0 saturated heterocycles. The van der Waals surface area contributed by atoms with Crippen molar-refractivity contribution in [3.05, 3.63) is 42.7 Å². The maximum absolute atomic E-state index is 12.5. The van der Waals surface area contributed by atoms with Gasteiger partial charge in [0, 0.05) is 18.0 Å². The maximum atomic E-state index is 12.5. The first kappa shape index (κ1) is 16.1. The topological polar surface area (TPSA) is 68.3 Å². The number of halogens is 3. The van der Waals surface area contributed by atoms with Crippen LogP contribution in [0, 0.1) is 0 Å². The highest BCUT2D eigenvalue weighted by Crippen LogP contribution is 2.32. The fourth-order valence-corrected chi connectivity index (χ4v) is 2.29. The molecule has 118 valence electrons. The second kappa shape index (κ2) is 5.84. The van der Waals surface area contributed by atoms with Crippen LogP contribution in [0.25, 0.3) is 11.1 Å². The molecule has 22 heavy (non-hydrogen) atoms. The third-order valence-electron chi connectivity index (χ3n) is 2.75. The number of anilines is 1. The zero-order chi connectivity index (χ0) is 16.4. The van der Waals surface area contributed by atoms with Gasteiger partial charge in [0.05, 0.1) is 12.8 Å². The van der Waals surface area contributed by atoms with Crippen molar-refractivity contribution in [2.45, 2.75) is 5.51 Å². The van der Waals surface area contributed by atoms with Gasteiger partial charge >= 0.3 is 15.5 Å². The molecule has 0 amide bonds. The van der Waals surface area contributed by atoms with E-state index in [-0.39, 0.29) is 11.3 Å². The number of alkyl halides is 3. The van der Waals surface area contributed by atoms with Gasteiger partial charge in [0.2, 0.25) is 0 Å². The van der Waals surface area contributed by atoms with Crippen LogP contribution < -0.4 is 9.46 Å². The third kappa shape index (κ3) is 3.30. The Balaban J connectivity index is 2.48. The van der Waals surface area contributed by atoms with E-state index in [9.17, 15) is 21.6 Å². The van der Waals surface area contributed by atoms with Crippen LogP contribution in [0.1, 0.15) is 0 Å². The molecule has 0 bridgehead atoms. The molecule has 1 aromatic carbocycles.